The van der Waals surface area contributed by atoms with Gasteiger partial charge in [0.2, 0.25) is 11.0 Å². The topological polar surface area (TPSA) is 109 Å². The van der Waals surface area contributed by atoms with Crippen LogP contribution in [0.5, 0.6) is 0 Å². The second kappa shape index (κ2) is 5.86. The summed E-state index contributed by atoms with van der Waals surface area (Å²) in [6.45, 7) is 2.56. The van der Waals surface area contributed by atoms with E-state index in [1.165, 1.54) is 11.9 Å². The standard InChI is InChI=1S/C12H17N3O5S/c1-8-11(16)14-4-3-5-15(8)12(17)9-6-10(20-7-9)21(18,19)13-2/h6-8,13H,3-5H2,1-2H3,(H,14,16). The fourth-order valence-corrected chi connectivity index (χ4v) is 2.72. The number of sulfonamides is 1. The first-order valence-electron chi connectivity index (χ1n) is 6.47. The summed E-state index contributed by atoms with van der Waals surface area (Å²) in [5.74, 6) is -0.659. The lowest BCUT2D eigenvalue weighted by molar-refractivity contribution is -0.124. The van der Waals surface area contributed by atoms with Crippen LogP contribution in [0.15, 0.2) is 21.8 Å². The summed E-state index contributed by atoms with van der Waals surface area (Å²) in [6, 6.07) is 0.545. The zero-order valence-corrected chi connectivity index (χ0v) is 12.6. The number of amides is 2. The molecule has 0 aliphatic carbocycles. The number of hydrogen-bond acceptors (Lipinski definition) is 5. The largest absolute Gasteiger partial charge is 0.451 e. The zero-order valence-electron chi connectivity index (χ0n) is 11.8. The number of nitrogens with one attached hydrogen (secondary N) is 2. The van der Waals surface area contributed by atoms with Crippen molar-refractivity contribution in [3.63, 3.8) is 0 Å². The van der Waals surface area contributed by atoms with Gasteiger partial charge in [-0.2, -0.15) is 0 Å². The Balaban J connectivity index is 2.25. The second-order valence-corrected chi connectivity index (χ2v) is 6.50. The van der Waals surface area contributed by atoms with E-state index in [0.29, 0.717) is 19.5 Å². The van der Waals surface area contributed by atoms with Gasteiger partial charge in [-0.15, -0.1) is 0 Å². The molecule has 0 aromatic carbocycles. The van der Waals surface area contributed by atoms with E-state index in [1.54, 1.807) is 6.92 Å². The van der Waals surface area contributed by atoms with Crippen LogP contribution in [0, 0.1) is 0 Å². The normalized spacial score (nSPS) is 20.0. The zero-order chi connectivity index (χ0) is 15.6. The Morgan fingerprint density at radius 2 is 2.24 bits per heavy atom. The van der Waals surface area contributed by atoms with E-state index in [9.17, 15) is 18.0 Å². The molecule has 9 heteroatoms. The molecule has 21 heavy (non-hydrogen) atoms. The molecule has 0 saturated carbocycles. The number of hydrogen-bond donors (Lipinski definition) is 2. The van der Waals surface area contributed by atoms with Crippen molar-refractivity contribution in [2.45, 2.75) is 24.5 Å². The van der Waals surface area contributed by atoms with Crippen molar-refractivity contribution in [3.8, 4) is 0 Å². The Labute approximate surface area is 122 Å². The highest BCUT2D eigenvalue weighted by molar-refractivity contribution is 7.89. The van der Waals surface area contributed by atoms with Crippen LogP contribution in [-0.2, 0) is 14.8 Å². The molecule has 0 bridgehead atoms. The smallest absolute Gasteiger partial charge is 0.273 e. The van der Waals surface area contributed by atoms with Gasteiger partial charge in [-0.1, -0.05) is 0 Å². The van der Waals surface area contributed by atoms with Crippen molar-refractivity contribution in [2.75, 3.05) is 20.1 Å². The van der Waals surface area contributed by atoms with Gasteiger partial charge >= 0.3 is 0 Å². The summed E-state index contributed by atoms with van der Waals surface area (Å²) in [7, 11) is -2.49. The fraction of sp³-hybridized carbons (Fsp3) is 0.500. The average Bonchev–Trinajstić information content (AvgIpc) is 2.90. The van der Waals surface area contributed by atoms with Gasteiger partial charge in [0.25, 0.3) is 15.9 Å². The number of carbonyl (C=O) groups is 2. The lowest BCUT2D eigenvalue weighted by Crippen LogP contribution is -2.45. The Morgan fingerprint density at radius 3 is 2.90 bits per heavy atom. The second-order valence-electron chi connectivity index (χ2n) is 4.68. The maximum absolute atomic E-state index is 12.4. The molecule has 0 spiro atoms. The van der Waals surface area contributed by atoms with E-state index in [0.717, 1.165) is 12.3 Å². The Hall–Kier alpha value is -1.87. The lowest BCUT2D eigenvalue weighted by Gasteiger charge is -2.24. The van der Waals surface area contributed by atoms with E-state index < -0.39 is 22.0 Å². The minimum Gasteiger partial charge on any atom is -0.451 e. The molecule has 8 nitrogen and oxygen atoms in total. The summed E-state index contributed by atoms with van der Waals surface area (Å²) in [5, 5.41) is 2.37. The van der Waals surface area contributed by atoms with Crippen LogP contribution in [0.25, 0.3) is 0 Å². The maximum Gasteiger partial charge on any atom is 0.273 e. The third-order valence-corrected chi connectivity index (χ3v) is 4.62. The Bertz CT molecular complexity index is 652. The highest BCUT2D eigenvalue weighted by Gasteiger charge is 2.30. The molecular formula is C12H17N3O5S. The van der Waals surface area contributed by atoms with Crippen LogP contribution in [0.4, 0.5) is 0 Å². The van der Waals surface area contributed by atoms with Crippen LogP contribution < -0.4 is 10.0 Å². The molecule has 1 atom stereocenters. The van der Waals surface area contributed by atoms with Crippen LogP contribution in [0.3, 0.4) is 0 Å². The van der Waals surface area contributed by atoms with E-state index in [4.69, 9.17) is 4.42 Å². The van der Waals surface area contributed by atoms with Crippen molar-refractivity contribution >= 4 is 21.8 Å². The minimum atomic E-state index is -3.74. The number of carbonyl (C=O) groups excluding carboxylic acids is 2. The summed E-state index contributed by atoms with van der Waals surface area (Å²) in [6.07, 6.45) is 1.73. The van der Waals surface area contributed by atoms with E-state index in [-0.39, 0.29) is 16.6 Å². The highest BCUT2D eigenvalue weighted by atomic mass is 32.2. The van der Waals surface area contributed by atoms with Crippen molar-refractivity contribution in [3.05, 3.63) is 17.9 Å². The van der Waals surface area contributed by atoms with Gasteiger partial charge in [0.1, 0.15) is 12.3 Å². The first-order valence-corrected chi connectivity index (χ1v) is 7.96. The maximum atomic E-state index is 12.4. The quantitative estimate of drug-likeness (QED) is 0.784. The van der Waals surface area contributed by atoms with E-state index in [1.807, 2.05) is 0 Å². The van der Waals surface area contributed by atoms with Crippen LogP contribution in [0.2, 0.25) is 0 Å². The van der Waals surface area contributed by atoms with Crippen LogP contribution >= 0.6 is 0 Å². The van der Waals surface area contributed by atoms with Crippen LogP contribution in [-0.4, -0.2) is 51.3 Å². The number of furan rings is 1. The molecular weight excluding hydrogens is 298 g/mol. The van der Waals surface area contributed by atoms with Gasteiger partial charge in [0, 0.05) is 19.2 Å². The summed E-state index contributed by atoms with van der Waals surface area (Å²) in [5.41, 5.74) is 0.102. The van der Waals surface area contributed by atoms with Crippen molar-refractivity contribution in [2.24, 2.45) is 0 Å². The molecule has 1 unspecified atom stereocenters. The molecule has 1 aliphatic heterocycles. The third kappa shape index (κ3) is 3.08. The van der Waals surface area contributed by atoms with Crippen molar-refractivity contribution in [1.29, 1.82) is 0 Å². The van der Waals surface area contributed by atoms with Gasteiger partial charge in [-0.05, 0) is 20.4 Å². The minimum absolute atomic E-state index is 0.102. The number of nitrogens with zero attached hydrogens (tertiary/aromatic N) is 1. The average molecular weight is 315 g/mol. The van der Waals surface area contributed by atoms with Crippen LogP contribution in [0.1, 0.15) is 23.7 Å². The first kappa shape index (κ1) is 15.5. The number of rotatable bonds is 3. The highest BCUT2D eigenvalue weighted by Crippen LogP contribution is 2.17. The molecule has 1 saturated heterocycles. The predicted molar refractivity (Wildman–Crippen MR) is 73.1 cm³/mol. The molecule has 1 aromatic heterocycles. The summed E-state index contributed by atoms with van der Waals surface area (Å²) < 4.78 is 30.2. The SMILES string of the molecule is CNS(=O)(=O)c1cc(C(=O)N2CCCNC(=O)C2C)co1. The predicted octanol–water partition coefficient (Wildman–Crippen LogP) is -0.462. The summed E-state index contributed by atoms with van der Waals surface area (Å²) >= 11 is 0. The molecule has 2 heterocycles. The van der Waals surface area contributed by atoms with Gasteiger partial charge in [0.15, 0.2) is 0 Å². The molecule has 1 aliphatic rings. The van der Waals surface area contributed by atoms with Crippen molar-refractivity contribution < 1.29 is 22.4 Å². The first-order chi connectivity index (χ1) is 9.86. The monoisotopic (exact) mass is 315 g/mol. The molecule has 1 fully saturated rings. The Kier molecular flexibility index (Phi) is 4.33. The van der Waals surface area contributed by atoms with Gasteiger partial charge < -0.3 is 14.6 Å². The van der Waals surface area contributed by atoms with Gasteiger partial charge in [-0.3, -0.25) is 9.59 Å². The molecule has 1 aromatic rings. The molecule has 0 radical (unpaired) electrons. The van der Waals surface area contributed by atoms with Gasteiger partial charge in [0.05, 0.1) is 5.56 Å². The molecule has 2 rings (SSSR count). The summed E-state index contributed by atoms with van der Waals surface area (Å²) in [4.78, 5) is 25.6. The fourth-order valence-electron chi connectivity index (χ4n) is 2.06. The van der Waals surface area contributed by atoms with E-state index >= 15 is 0 Å². The molecule has 2 N–H and O–H groups in total. The van der Waals surface area contributed by atoms with Crippen molar-refractivity contribution in [1.82, 2.24) is 14.9 Å². The Morgan fingerprint density at radius 1 is 1.52 bits per heavy atom. The lowest BCUT2D eigenvalue weighted by atomic mass is 10.2. The van der Waals surface area contributed by atoms with Gasteiger partial charge in [-0.25, -0.2) is 13.1 Å². The molecule has 2 amide bonds. The van der Waals surface area contributed by atoms with E-state index in [2.05, 4.69) is 10.0 Å². The third-order valence-electron chi connectivity index (χ3n) is 3.34. The molecule has 116 valence electrons.